The van der Waals surface area contributed by atoms with Crippen LogP contribution in [0.5, 0.6) is 11.5 Å². The van der Waals surface area contributed by atoms with Crippen LogP contribution < -0.4 is 59.1 Å². The fourth-order valence-electron chi connectivity index (χ4n) is 1.23. The second kappa shape index (κ2) is 13.9. The van der Waals surface area contributed by atoms with E-state index in [0.717, 1.165) is 48.5 Å². The maximum absolute atomic E-state index is 10.3. The van der Waals surface area contributed by atoms with Gasteiger partial charge in [-0.1, -0.05) is 0 Å². The number of aromatic hydroxyl groups is 2. The van der Waals surface area contributed by atoms with Crippen molar-refractivity contribution >= 4 is 20.2 Å². The van der Waals surface area contributed by atoms with E-state index in [1.807, 2.05) is 0 Å². The standard InChI is InChI=1S/2C6H6O4S.2Na.2H2O/c2*7-5-1-3-6(4-2-5)11(8,9)10;;;;/h2*1-4,7H,(H,8,9,10);;;2*1H2/q;;2*+1;;/p-2. The second-order valence-electron chi connectivity index (χ2n) is 3.90. The Morgan fingerprint density at radius 2 is 0.769 bits per heavy atom. The van der Waals surface area contributed by atoms with Crippen LogP contribution in [0.25, 0.3) is 0 Å². The number of hydrogen-bond donors (Lipinski definition) is 2. The summed E-state index contributed by atoms with van der Waals surface area (Å²) in [6, 6.07) is 8.79. The van der Waals surface area contributed by atoms with Crippen molar-refractivity contribution in [2.75, 3.05) is 0 Å². The number of benzene rings is 2. The molecule has 6 N–H and O–H groups in total. The largest absolute Gasteiger partial charge is 1.00 e. The first-order chi connectivity index (χ1) is 10.00. The molecule has 0 aliphatic heterocycles. The minimum atomic E-state index is -4.38. The van der Waals surface area contributed by atoms with Gasteiger partial charge in [0.15, 0.2) is 0 Å². The van der Waals surface area contributed by atoms with E-state index in [2.05, 4.69) is 0 Å². The first-order valence-corrected chi connectivity index (χ1v) is 8.31. The molecule has 0 aliphatic rings. The van der Waals surface area contributed by atoms with Gasteiger partial charge in [0.1, 0.15) is 31.7 Å². The van der Waals surface area contributed by atoms with Crippen molar-refractivity contribution in [3.63, 3.8) is 0 Å². The SMILES string of the molecule is O.O.O=S(=O)([O-])c1ccc(O)cc1.O=S(=O)([O-])c1ccc(O)cc1.[Na+].[Na+]. The van der Waals surface area contributed by atoms with E-state index >= 15 is 0 Å². The summed E-state index contributed by atoms with van der Waals surface area (Å²) in [7, 11) is -8.76. The molecule has 0 bridgehead atoms. The van der Waals surface area contributed by atoms with Crippen LogP contribution in [0, 0.1) is 0 Å². The number of rotatable bonds is 2. The molecule has 0 atom stereocenters. The summed E-state index contributed by atoms with van der Waals surface area (Å²) >= 11 is 0. The van der Waals surface area contributed by atoms with Crippen molar-refractivity contribution in [2.24, 2.45) is 0 Å². The summed E-state index contributed by atoms with van der Waals surface area (Å²) in [6.07, 6.45) is 0. The van der Waals surface area contributed by atoms with Crippen LogP contribution in [0.4, 0.5) is 0 Å². The summed E-state index contributed by atoms with van der Waals surface area (Å²) in [5, 5.41) is 17.5. The molecule has 26 heavy (non-hydrogen) atoms. The van der Waals surface area contributed by atoms with E-state index in [1.165, 1.54) is 0 Å². The fraction of sp³-hybridized carbons (Fsp3) is 0. The van der Waals surface area contributed by atoms with Crippen LogP contribution in [0.15, 0.2) is 58.3 Å². The van der Waals surface area contributed by atoms with Crippen molar-refractivity contribution in [3.05, 3.63) is 48.5 Å². The molecule has 0 saturated heterocycles. The molecule has 0 unspecified atom stereocenters. The number of phenols is 2. The fourth-order valence-corrected chi connectivity index (χ4v) is 2.16. The van der Waals surface area contributed by atoms with Crippen molar-refractivity contribution < 1.29 is 106 Å². The normalized spacial score (nSPS) is 9.62. The van der Waals surface area contributed by atoms with Crippen LogP contribution in [0.1, 0.15) is 0 Å². The Labute approximate surface area is 194 Å². The van der Waals surface area contributed by atoms with Crippen molar-refractivity contribution in [1.82, 2.24) is 0 Å². The average molecular weight is 428 g/mol. The van der Waals surface area contributed by atoms with Crippen molar-refractivity contribution in [3.8, 4) is 11.5 Å². The zero-order valence-electron chi connectivity index (χ0n) is 13.8. The maximum atomic E-state index is 10.3. The van der Waals surface area contributed by atoms with Gasteiger partial charge < -0.3 is 30.3 Å². The summed E-state index contributed by atoms with van der Waals surface area (Å²) in [6.45, 7) is 0. The van der Waals surface area contributed by atoms with Gasteiger partial charge in [0.2, 0.25) is 0 Å². The van der Waals surface area contributed by atoms with E-state index < -0.39 is 20.2 Å². The molecule has 0 fully saturated rings. The monoisotopic (exact) mass is 428 g/mol. The Morgan fingerprint density at radius 3 is 0.923 bits per heavy atom. The minimum Gasteiger partial charge on any atom is -0.744 e. The topological polar surface area (TPSA) is 218 Å². The van der Waals surface area contributed by atoms with Crippen LogP contribution >= 0.6 is 0 Å². The molecule has 0 spiro atoms. The number of phenolic OH excluding ortho intramolecular Hbond substituents is 2. The molecule has 0 heterocycles. The van der Waals surface area contributed by atoms with E-state index in [4.69, 9.17) is 10.2 Å². The third-order valence-corrected chi connectivity index (χ3v) is 3.95. The zero-order chi connectivity index (χ0) is 17.0. The summed E-state index contributed by atoms with van der Waals surface area (Å²) in [5.74, 6) is -0.144. The van der Waals surface area contributed by atoms with Gasteiger partial charge in [-0.05, 0) is 48.5 Å². The quantitative estimate of drug-likeness (QED) is 0.345. The Balaban J connectivity index is -0.000000161. The van der Waals surface area contributed by atoms with Gasteiger partial charge in [0.25, 0.3) is 0 Å². The molecule has 0 saturated carbocycles. The molecule has 10 nitrogen and oxygen atoms in total. The molecule has 14 heteroatoms. The van der Waals surface area contributed by atoms with E-state index in [-0.39, 0.29) is 91.4 Å². The first kappa shape index (κ1) is 33.4. The number of hydrogen-bond acceptors (Lipinski definition) is 8. The van der Waals surface area contributed by atoms with Gasteiger partial charge in [-0.2, -0.15) is 0 Å². The van der Waals surface area contributed by atoms with Gasteiger partial charge in [-0.3, -0.25) is 0 Å². The third kappa shape index (κ3) is 12.2. The second-order valence-corrected chi connectivity index (χ2v) is 6.66. The molecule has 0 radical (unpaired) electrons. The first-order valence-electron chi connectivity index (χ1n) is 5.50. The van der Waals surface area contributed by atoms with Gasteiger partial charge in [-0.25, -0.2) is 16.8 Å². The molecule has 0 amide bonds. The predicted octanol–water partition coefficient (Wildman–Crippen LogP) is -7.05. The predicted molar refractivity (Wildman–Crippen MR) is 79.4 cm³/mol. The summed E-state index contributed by atoms with van der Waals surface area (Å²) in [4.78, 5) is -0.675. The molecule has 2 aromatic rings. The van der Waals surface area contributed by atoms with Crippen molar-refractivity contribution in [2.45, 2.75) is 9.79 Å². The molecule has 0 aliphatic carbocycles. The van der Waals surface area contributed by atoms with E-state index in [0.29, 0.717) is 0 Å². The third-order valence-electron chi connectivity index (χ3n) is 2.25. The molecular weight excluding hydrogens is 414 g/mol. The van der Waals surface area contributed by atoms with Gasteiger partial charge in [0, 0.05) is 0 Å². The minimum absolute atomic E-state index is 0. The molecular formula is C12H14Na2O10S2. The van der Waals surface area contributed by atoms with Crippen LogP contribution in [0.3, 0.4) is 0 Å². The zero-order valence-corrected chi connectivity index (χ0v) is 19.4. The Bertz CT molecular complexity index is 761. The molecule has 2 aromatic carbocycles. The Kier molecular flexibility index (Phi) is 17.8. The van der Waals surface area contributed by atoms with E-state index in [1.54, 1.807) is 0 Å². The molecule has 0 aromatic heterocycles. The Hall–Kier alpha value is -0.220. The Morgan fingerprint density at radius 1 is 0.577 bits per heavy atom. The van der Waals surface area contributed by atoms with Crippen LogP contribution in [-0.4, -0.2) is 47.1 Å². The average Bonchev–Trinajstić information content (AvgIpc) is 2.38. The van der Waals surface area contributed by atoms with Gasteiger partial charge in [0.05, 0.1) is 9.79 Å². The van der Waals surface area contributed by atoms with Gasteiger partial charge >= 0.3 is 59.1 Å². The summed E-state index contributed by atoms with van der Waals surface area (Å²) in [5.41, 5.74) is 0. The smallest absolute Gasteiger partial charge is 0.744 e. The molecule has 136 valence electrons. The van der Waals surface area contributed by atoms with Gasteiger partial charge in [-0.15, -0.1) is 0 Å². The maximum Gasteiger partial charge on any atom is 1.00 e. The van der Waals surface area contributed by atoms with Crippen molar-refractivity contribution in [1.29, 1.82) is 0 Å². The van der Waals surface area contributed by atoms with Crippen LogP contribution in [0.2, 0.25) is 0 Å². The van der Waals surface area contributed by atoms with Crippen LogP contribution in [-0.2, 0) is 20.2 Å². The summed E-state index contributed by atoms with van der Waals surface area (Å²) < 4.78 is 61.8. The van der Waals surface area contributed by atoms with E-state index in [9.17, 15) is 25.9 Å². The molecule has 2 rings (SSSR count).